The summed E-state index contributed by atoms with van der Waals surface area (Å²) < 4.78 is 1.76. The highest BCUT2D eigenvalue weighted by atomic mass is 32.2. The van der Waals surface area contributed by atoms with Gasteiger partial charge in [-0.05, 0) is 31.2 Å². The maximum atomic E-state index is 13.1. The molecule has 0 N–H and O–H groups in total. The number of fused-ring (bicyclic) bond motifs is 1. The largest absolute Gasteiger partial charge is 0.291 e. The molecule has 124 valence electrons. The predicted molar refractivity (Wildman–Crippen MR) is 99.4 cm³/mol. The molecule has 1 aromatic heterocycles. The molecule has 1 unspecified atom stereocenters. The highest BCUT2D eigenvalue weighted by Gasteiger charge is 2.25. The number of aromatic nitrogens is 3. The fourth-order valence-corrected chi connectivity index (χ4v) is 3.78. The van der Waals surface area contributed by atoms with E-state index in [1.807, 2.05) is 55.5 Å². The number of nitrogens with zero attached hydrogens (tertiary/aromatic N) is 3. The van der Waals surface area contributed by atoms with Crippen molar-refractivity contribution in [3.8, 4) is 0 Å². The third kappa shape index (κ3) is 3.51. The van der Waals surface area contributed by atoms with Crippen LogP contribution in [0.4, 0.5) is 0 Å². The zero-order valence-electron chi connectivity index (χ0n) is 14.0. The van der Waals surface area contributed by atoms with E-state index in [1.54, 1.807) is 16.4 Å². The quantitative estimate of drug-likeness (QED) is 0.464. The van der Waals surface area contributed by atoms with Gasteiger partial charge in [0.2, 0.25) is 0 Å². The van der Waals surface area contributed by atoms with Crippen molar-refractivity contribution in [2.24, 2.45) is 0 Å². The molecule has 0 spiro atoms. The molecule has 3 aromatic rings. The standard InChI is InChI=1S/C19H21N3OS/c1-3-4-13-24-19(18(23)15-11-9-14(2)10-12-15)22-17-8-6-5-7-16(17)20-21-22/h5-12,19H,3-4,13H2,1-2H3. The van der Waals surface area contributed by atoms with Crippen LogP contribution < -0.4 is 0 Å². The van der Waals surface area contributed by atoms with Gasteiger partial charge in [0.15, 0.2) is 11.2 Å². The lowest BCUT2D eigenvalue weighted by Crippen LogP contribution is -2.19. The average Bonchev–Trinajstić information content (AvgIpc) is 3.03. The van der Waals surface area contributed by atoms with Crippen molar-refractivity contribution in [3.05, 3.63) is 59.7 Å². The van der Waals surface area contributed by atoms with E-state index in [4.69, 9.17) is 0 Å². The number of Topliss-reactive ketones (excluding diaryl/α,β-unsaturated/α-hetero) is 1. The third-order valence-electron chi connectivity index (χ3n) is 3.93. The van der Waals surface area contributed by atoms with Gasteiger partial charge in [-0.15, -0.1) is 16.9 Å². The van der Waals surface area contributed by atoms with Gasteiger partial charge in [0.25, 0.3) is 0 Å². The van der Waals surface area contributed by atoms with Crippen LogP contribution in [-0.4, -0.2) is 26.5 Å². The lowest BCUT2D eigenvalue weighted by Gasteiger charge is -2.16. The Bertz CT molecular complexity index is 826. The Morgan fingerprint density at radius 1 is 1.17 bits per heavy atom. The van der Waals surface area contributed by atoms with Crippen molar-refractivity contribution in [1.82, 2.24) is 15.0 Å². The van der Waals surface area contributed by atoms with Crippen molar-refractivity contribution in [1.29, 1.82) is 0 Å². The number of benzene rings is 2. The SMILES string of the molecule is CCCCSC(C(=O)c1ccc(C)cc1)n1nnc2ccccc21. The van der Waals surface area contributed by atoms with Gasteiger partial charge >= 0.3 is 0 Å². The van der Waals surface area contributed by atoms with Gasteiger partial charge in [0.1, 0.15) is 5.52 Å². The lowest BCUT2D eigenvalue weighted by atomic mass is 10.1. The summed E-state index contributed by atoms with van der Waals surface area (Å²) in [5, 5.41) is 8.09. The number of para-hydroxylation sites is 1. The van der Waals surface area contributed by atoms with Crippen molar-refractivity contribution in [2.75, 3.05) is 5.75 Å². The number of hydrogen-bond donors (Lipinski definition) is 0. The van der Waals surface area contributed by atoms with Gasteiger partial charge in [-0.3, -0.25) is 4.79 Å². The summed E-state index contributed by atoms with van der Waals surface area (Å²) >= 11 is 1.64. The molecule has 0 amide bonds. The molecule has 5 heteroatoms. The molecule has 4 nitrogen and oxygen atoms in total. The van der Waals surface area contributed by atoms with Crippen LogP contribution >= 0.6 is 11.8 Å². The number of thioether (sulfide) groups is 1. The van der Waals surface area contributed by atoms with Crippen LogP contribution in [-0.2, 0) is 0 Å². The number of aryl methyl sites for hydroxylation is 1. The first-order chi connectivity index (χ1) is 11.7. The van der Waals surface area contributed by atoms with Crippen molar-refractivity contribution in [3.63, 3.8) is 0 Å². The monoisotopic (exact) mass is 339 g/mol. The van der Waals surface area contributed by atoms with Crippen molar-refractivity contribution >= 4 is 28.6 Å². The minimum absolute atomic E-state index is 0.0757. The summed E-state index contributed by atoms with van der Waals surface area (Å²) in [6.07, 6.45) is 2.19. The first-order valence-electron chi connectivity index (χ1n) is 8.23. The summed E-state index contributed by atoms with van der Waals surface area (Å²) in [7, 11) is 0. The van der Waals surface area contributed by atoms with Gasteiger partial charge in [-0.1, -0.05) is 60.5 Å². The van der Waals surface area contributed by atoms with Crippen molar-refractivity contribution in [2.45, 2.75) is 32.1 Å². The van der Waals surface area contributed by atoms with E-state index < -0.39 is 0 Å². The third-order valence-corrected chi connectivity index (χ3v) is 5.19. The highest BCUT2D eigenvalue weighted by Crippen LogP contribution is 2.30. The van der Waals surface area contributed by atoms with E-state index in [0.717, 1.165) is 35.2 Å². The second-order valence-electron chi connectivity index (χ2n) is 5.83. The Hall–Kier alpha value is -2.14. The van der Waals surface area contributed by atoms with Gasteiger partial charge in [-0.25, -0.2) is 4.68 Å². The van der Waals surface area contributed by atoms with Crippen LogP contribution in [0.5, 0.6) is 0 Å². The minimum atomic E-state index is -0.383. The Morgan fingerprint density at radius 2 is 1.92 bits per heavy atom. The summed E-state index contributed by atoms with van der Waals surface area (Å²) in [4.78, 5) is 13.1. The molecule has 1 heterocycles. The normalized spacial score (nSPS) is 12.4. The molecule has 2 aromatic carbocycles. The van der Waals surface area contributed by atoms with Crippen LogP contribution in [0.2, 0.25) is 0 Å². The molecular weight excluding hydrogens is 318 g/mol. The molecule has 0 fully saturated rings. The fourth-order valence-electron chi connectivity index (χ4n) is 2.52. The molecule has 0 aliphatic heterocycles. The first kappa shape index (κ1) is 16.7. The maximum absolute atomic E-state index is 13.1. The van der Waals surface area contributed by atoms with Crippen LogP contribution in [0.15, 0.2) is 48.5 Å². The zero-order valence-corrected chi connectivity index (χ0v) is 14.8. The van der Waals surface area contributed by atoms with Crippen molar-refractivity contribution < 1.29 is 4.79 Å². The molecule has 0 aliphatic rings. The number of rotatable bonds is 7. The molecule has 1 atom stereocenters. The van der Waals surface area contributed by atoms with E-state index in [9.17, 15) is 4.79 Å². The summed E-state index contributed by atoms with van der Waals surface area (Å²) in [6, 6.07) is 15.5. The average molecular weight is 339 g/mol. The number of ketones is 1. The molecule has 0 saturated heterocycles. The molecule has 0 aliphatic carbocycles. The van der Waals surface area contributed by atoms with E-state index in [0.29, 0.717) is 5.56 Å². The fraction of sp³-hybridized carbons (Fsp3) is 0.316. The lowest BCUT2D eigenvalue weighted by molar-refractivity contribution is 0.0963. The Balaban J connectivity index is 1.96. The smallest absolute Gasteiger partial charge is 0.197 e. The minimum Gasteiger partial charge on any atom is -0.291 e. The van der Waals surface area contributed by atoms with Crippen LogP contribution in [0.3, 0.4) is 0 Å². The molecule has 3 rings (SSSR count). The van der Waals surface area contributed by atoms with Gasteiger partial charge in [0.05, 0.1) is 5.52 Å². The molecule has 0 saturated carbocycles. The maximum Gasteiger partial charge on any atom is 0.197 e. The number of unbranched alkanes of at least 4 members (excludes halogenated alkanes) is 1. The topological polar surface area (TPSA) is 47.8 Å². The van der Waals surface area contributed by atoms with Gasteiger partial charge < -0.3 is 0 Å². The second kappa shape index (κ2) is 7.62. The van der Waals surface area contributed by atoms with E-state index >= 15 is 0 Å². The van der Waals surface area contributed by atoms with Crippen LogP contribution in [0.1, 0.15) is 41.1 Å². The van der Waals surface area contributed by atoms with Crippen LogP contribution in [0, 0.1) is 6.92 Å². The van der Waals surface area contributed by atoms with Gasteiger partial charge in [0, 0.05) is 5.56 Å². The summed E-state index contributed by atoms with van der Waals surface area (Å²) in [6.45, 7) is 4.18. The second-order valence-corrected chi connectivity index (χ2v) is 7.02. The van der Waals surface area contributed by atoms with Crippen LogP contribution in [0.25, 0.3) is 11.0 Å². The van der Waals surface area contributed by atoms with E-state index in [-0.39, 0.29) is 11.2 Å². The van der Waals surface area contributed by atoms with Gasteiger partial charge in [-0.2, -0.15) is 0 Å². The van der Waals surface area contributed by atoms with E-state index in [1.165, 1.54) is 0 Å². The molecular formula is C19H21N3OS. The summed E-state index contributed by atoms with van der Waals surface area (Å²) in [5.74, 6) is 0.999. The predicted octanol–water partition coefficient (Wildman–Crippen LogP) is 4.65. The molecule has 0 radical (unpaired) electrons. The summed E-state index contributed by atoms with van der Waals surface area (Å²) in [5.41, 5.74) is 3.57. The number of carbonyl (C=O) groups is 1. The Labute approximate surface area is 146 Å². The number of carbonyl (C=O) groups excluding carboxylic acids is 1. The van der Waals surface area contributed by atoms with E-state index in [2.05, 4.69) is 17.2 Å². The molecule has 0 bridgehead atoms. The Kier molecular flexibility index (Phi) is 5.30. The molecule has 24 heavy (non-hydrogen) atoms. The zero-order chi connectivity index (χ0) is 16.9. The highest BCUT2D eigenvalue weighted by molar-refractivity contribution is 8.00. The first-order valence-corrected chi connectivity index (χ1v) is 9.28. The Morgan fingerprint density at radius 3 is 2.67 bits per heavy atom. The number of hydrogen-bond acceptors (Lipinski definition) is 4.